The predicted molar refractivity (Wildman–Crippen MR) is 109 cm³/mol. The molecule has 0 aromatic heterocycles. The van der Waals surface area contributed by atoms with Gasteiger partial charge in [-0.2, -0.15) is 0 Å². The lowest BCUT2D eigenvalue weighted by molar-refractivity contribution is -0.384. The number of nitro benzene ring substituents is 1. The number of hydrogen-bond donors (Lipinski definition) is 2. The molecule has 0 saturated carbocycles. The topological polar surface area (TPSA) is 139 Å². The number of imide groups is 1. The van der Waals surface area contributed by atoms with Crippen molar-refractivity contribution < 1.29 is 29.2 Å². The first-order valence-corrected chi connectivity index (χ1v) is 9.27. The number of anilines is 1. The number of nitro groups is 1. The quantitative estimate of drug-likeness (QED) is 0.406. The average Bonchev–Trinajstić information content (AvgIpc) is 2.97. The third kappa shape index (κ3) is 4.58. The lowest BCUT2D eigenvalue weighted by Crippen LogP contribution is -2.36. The van der Waals surface area contributed by atoms with Crippen LogP contribution < -0.4 is 10.1 Å². The van der Waals surface area contributed by atoms with E-state index in [1.165, 1.54) is 13.2 Å². The van der Waals surface area contributed by atoms with Gasteiger partial charge in [0, 0.05) is 23.4 Å². The number of phenolic OH excluding ortho intramolecular Hbond substituents is 1. The number of rotatable bonds is 6. The molecule has 1 heterocycles. The van der Waals surface area contributed by atoms with Crippen LogP contribution in [0.25, 0.3) is 6.08 Å². The second-order valence-electron chi connectivity index (χ2n) is 6.04. The zero-order valence-corrected chi connectivity index (χ0v) is 16.3. The third-order valence-electron chi connectivity index (χ3n) is 4.06. The molecular formula is C19H15N3O7S. The smallest absolute Gasteiger partial charge is 0.294 e. The van der Waals surface area contributed by atoms with E-state index in [9.17, 15) is 29.6 Å². The number of carbonyl (C=O) groups excluding carboxylic acids is 3. The molecule has 0 atom stereocenters. The molecule has 0 spiro atoms. The van der Waals surface area contributed by atoms with Crippen LogP contribution in [0.2, 0.25) is 0 Å². The molecule has 1 saturated heterocycles. The number of aromatic hydroxyl groups is 1. The molecule has 30 heavy (non-hydrogen) atoms. The number of non-ortho nitro benzene ring substituents is 1. The lowest BCUT2D eigenvalue weighted by Gasteiger charge is -2.12. The van der Waals surface area contributed by atoms with Crippen LogP contribution in [-0.2, 0) is 9.59 Å². The van der Waals surface area contributed by atoms with Gasteiger partial charge in [0.25, 0.3) is 16.8 Å². The third-order valence-corrected chi connectivity index (χ3v) is 4.97. The van der Waals surface area contributed by atoms with Crippen LogP contribution in [0.4, 0.5) is 16.2 Å². The summed E-state index contributed by atoms with van der Waals surface area (Å²) in [5, 5.41) is 22.7. The van der Waals surface area contributed by atoms with Crippen molar-refractivity contribution in [2.45, 2.75) is 0 Å². The summed E-state index contributed by atoms with van der Waals surface area (Å²) in [6.45, 7) is -0.505. The van der Waals surface area contributed by atoms with Gasteiger partial charge in [0.2, 0.25) is 5.91 Å². The largest absolute Gasteiger partial charge is 0.507 e. The van der Waals surface area contributed by atoms with Gasteiger partial charge < -0.3 is 15.2 Å². The molecule has 1 fully saturated rings. The van der Waals surface area contributed by atoms with E-state index in [1.54, 1.807) is 24.3 Å². The Labute approximate surface area is 174 Å². The number of phenols is 1. The Morgan fingerprint density at radius 2 is 1.97 bits per heavy atom. The van der Waals surface area contributed by atoms with Gasteiger partial charge in [-0.05, 0) is 48.2 Å². The number of methoxy groups -OCH3 is 1. The maximum absolute atomic E-state index is 12.5. The Morgan fingerprint density at radius 3 is 2.60 bits per heavy atom. The van der Waals surface area contributed by atoms with Crippen molar-refractivity contribution in [3.8, 4) is 11.5 Å². The molecular weight excluding hydrogens is 414 g/mol. The van der Waals surface area contributed by atoms with Crippen LogP contribution in [0, 0.1) is 10.1 Å². The second kappa shape index (κ2) is 8.66. The van der Waals surface area contributed by atoms with Gasteiger partial charge in [0.05, 0.1) is 16.9 Å². The lowest BCUT2D eigenvalue weighted by atomic mass is 10.1. The molecule has 0 unspecified atom stereocenters. The normalized spacial score (nSPS) is 14.8. The number of ether oxygens (including phenoxy) is 1. The van der Waals surface area contributed by atoms with Crippen LogP contribution in [0.1, 0.15) is 5.56 Å². The first kappa shape index (κ1) is 20.9. The molecule has 0 aliphatic carbocycles. The number of benzene rings is 2. The molecule has 2 N–H and O–H groups in total. The molecule has 2 aromatic carbocycles. The van der Waals surface area contributed by atoms with Crippen LogP contribution in [0.5, 0.6) is 11.5 Å². The summed E-state index contributed by atoms with van der Waals surface area (Å²) in [6, 6.07) is 9.82. The molecule has 10 nitrogen and oxygen atoms in total. The van der Waals surface area contributed by atoms with Crippen LogP contribution in [-0.4, -0.2) is 45.6 Å². The molecule has 11 heteroatoms. The number of nitrogens with one attached hydrogen (secondary N) is 1. The van der Waals surface area contributed by atoms with E-state index in [1.807, 2.05) is 0 Å². The Balaban J connectivity index is 1.72. The molecule has 1 aliphatic rings. The van der Waals surface area contributed by atoms with Gasteiger partial charge in [0.1, 0.15) is 18.0 Å². The van der Waals surface area contributed by atoms with Crippen molar-refractivity contribution in [1.29, 1.82) is 0 Å². The summed E-state index contributed by atoms with van der Waals surface area (Å²) in [6.07, 6.45) is 1.18. The maximum Gasteiger partial charge on any atom is 0.294 e. The number of nitrogens with zero attached hydrogens (tertiary/aromatic N) is 2. The number of carbonyl (C=O) groups is 3. The van der Waals surface area contributed by atoms with Gasteiger partial charge in [-0.3, -0.25) is 29.4 Å². The summed E-state index contributed by atoms with van der Waals surface area (Å²) < 4.78 is 5.02. The SMILES string of the molecule is COc1ccc(NC(=O)CN2C(=O)S/C(=C/c3cc([N+](=O)[O-])ccc3O)C2=O)cc1. The molecule has 154 valence electrons. The fourth-order valence-electron chi connectivity index (χ4n) is 2.57. The van der Waals surface area contributed by atoms with Crippen LogP contribution in [0.15, 0.2) is 47.4 Å². The van der Waals surface area contributed by atoms with E-state index in [2.05, 4.69) is 5.32 Å². The van der Waals surface area contributed by atoms with Gasteiger partial charge >= 0.3 is 0 Å². The monoisotopic (exact) mass is 429 g/mol. The van der Waals surface area contributed by atoms with E-state index < -0.39 is 28.5 Å². The summed E-state index contributed by atoms with van der Waals surface area (Å²) in [5.41, 5.74) is 0.194. The molecule has 1 aliphatic heterocycles. The Kier molecular flexibility index (Phi) is 6.02. The fourth-order valence-corrected chi connectivity index (χ4v) is 3.40. The molecule has 2 aromatic rings. The van der Waals surface area contributed by atoms with E-state index in [4.69, 9.17) is 4.74 Å². The van der Waals surface area contributed by atoms with Crippen molar-refractivity contribution >= 4 is 46.3 Å². The molecule has 0 bridgehead atoms. The first-order valence-electron chi connectivity index (χ1n) is 8.45. The zero-order chi connectivity index (χ0) is 21.8. The number of amides is 3. The van der Waals surface area contributed by atoms with Crippen LogP contribution in [0.3, 0.4) is 0 Å². The van der Waals surface area contributed by atoms with Crippen molar-refractivity contribution in [3.05, 3.63) is 63.0 Å². The Hall–Kier alpha value is -3.86. The summed E-state index contributed by atoms with van der Waals surface area (Å²) >= 11 is 0.574. The molecule has 3 rings (SSSR count). The van der Waals surface area contributed by atoms with E-state index >= 15 is 0 Å². The van der Waals surface area contributed by atoms with Gasteiger partial charge in [0.15, 0.2) is 0 Å². The highest BCUT2D eigenvalue weighted by Crippen LogP contribution is 2.34. The minimum absolute atomic E-state index is 0.0115. The number of hydrogen-bond acceptors (Lipinski definition) is 8. The van der Waals surface area contributed by atoms with Crippen molar-refractivity contribution in [1.82, 2.24) is 4.90 Å². The van der Waals surface area contributed by atoms with Crippen molar-refractivity contribution in [2.75, 3.05) is 19.0 Å². The van der Waals surface area contributed by atoms with Crippen molar-refractivity contribution in [3.63, 3.8) is 0 Å². The maximum atomic E-state index is 12.5. The van der Waals surface area contributed by atoms with Gasteiger partial charge in [-0.1, -0.05) is 0 Å². The van der Waals surface area contributed by atoms with Gasteiger partial charge in [-0.15, -0.1) is 0 Å². The second-order valence-corrected chi connectivity index (χ2v) is 7.04. The summed E-state index contributed by atoms with van der Waals surface area (Å²) in [5.74, 6) is -0.999. The highest BCUT2D eigenvalue weighted by atomic mass is 32.2. The molecule has 3 amide bonds. The van der Waals surface area contributed by atoms with E-state index in [0.717, 1.165) is 23.1 Å². The summed E-state index contributed by atoms with van der Waals surface area (Å²) in [4.78, 5) is 47.9. The predicted octanol–water partition coefficient (Wildman–Crippen LogP) is 2.98. The fraction of sp³-hybridized carbons (Fsp3) is 0.105. The van der Waals surface area contributed by atoms with E-state index in [-0.39, 0.29) is 21.9 Å². The van der Waals surface area contributed by atoms with Crippen LogP contribution >= 0.6 is 11.8 Å². The number of thioether (sulfide) groups is 1. The first-order chi connectivity index (χ1) is 14.3. The average molecular weight is 429 g/mol. The van der Waals surface area contributed by atoms with Crippen molar-refractivity contribution in [2.24, 2.45) is 0 Å². The Morgan fingerprint density at radius 1 is 1.27 bits per heavy atom. The highest BCUT2D eigenvalue weighted by Gasteiger charge is 2.36. The zero-order valence-electron chi connectivity index (χ0n) is 15.5. The Bertz CT molecular complexity index is 1070. The minimum Gasteiger partial charge on any atom is -0.507 e. The standard InChI is InChI=1S/C19H15N3O7S/c1-29-14-5-2-12(3-6-14)20-17(24)10-21-18(25)16(30-19(21)26)9-11-8-13(22(27)28)4-7-15(11)23/h2-9,23H,10H2,1H3,(H,20,24)/b16-9+. The summed E-state index contributed by atoms with van der Waals surface area (Å²) in [7, 11) is 1.51. The minimum atomic E-state index is -0.735. The highest BCUT2D eigenvalue weighted by molar-refractivity contribution is 8.18. The molecule has 0 radical (unpaired) electrons. The van der Waals surface area contributed by atoms with Gasteiger partial charge in [-0.25, -0.2) is 0 Å². The van der Waals surface area contributed by atoms with E-state index in [0.29, 0.717) is 23.2 Å².